The maximum Gasteiger partial charge on any atom is 0.387 e. The van der Waals surface area contributed by atoms with Crippen LogP contribution >= 0.6 is 0 Å². The van der Waals surface area contributed by atoms with Crippen molar-refractivity contribution < 1.29 is 27.8 Å². The number of aromatic nitrogens is 2. The number of carbonyl (C=O) groups excluding carboxylic acids is 1. The number of esters is 1. The minimum Gasteiger partial charge on any atom is -0.493 e. The molecule has 0 saturated carbocycles. The van der Waals surface area contributed by atoms with Crippen molar-refractivity contribution >= 4 is 5.97 Å². The zero-order valence-electron chi connectivity index (χ0n) is 14.3. The number of hydrogen-bond donors (Lipinski definition) is 0. The Balaban J connectivity index is 1.63. The van der Waals surface area contributed by atoms with Crippen LogP contribution in [0.3, 0.4) is 0 Å². The third kappa shape index (κ3) is 4.60. The van der Waals surface area contributed by atoms with Gasteiger partial charge in [0.2, 0.25) is 0 Å². The first-order chi connectivity index (χ1) is 13.1. The van der Waals surface area contributed by atoms with Crippen LogP contribution in [-0.4, -0.2) is 29.5 Å². The molecule has 2 aromatic carbocycles. The number of halogens is 2. The summed E-state index contributed by atoms with van der Waals surface area (Å²) in [5.41, 5.74) is 1.85. The average molecular weight is 374 g/mol. The first kappa shape index (κ1) is 18.4. The van der Waals surface area contributed by atoms with Gasteiger partial charge in [0.25, 0.3) is 0 Å². The van der Waals surface area contributed by atoms with Crippen LogP contribution in [0.25, 0.3) is 5.69 Å². The van der Waals surface area contributed by atoms with E-state index >= 15 is 0 Å². The van der Waals surface area contributed by atoms with Crippen molar-refractivity contribution in [3.05, 3.63) is 72.1 Å². The average Bonchev–Trinajstić information content (AvgIpc) is 3.21. The van der Waals surface area contributed by atoms with Gasteiger partial charge in [-0.2, -0.15) is 13.9 Å². The maximum absolute atomic E-state index is 12.3. The lowest BCUT2D eigenvalue weighted by molar-refractivity contribution is -0.0512. The molecule has 0 radical (unpaired) electrons. The second-order valence-electron chi connectivity index (χ2n) is 5.44. The number of benzene rings is 2. The van der Waals surface area contributed by atoms with E-state index in [0.29, 0.717) is 0 Å². The highest BCUT2D eigenvalue weighted by Gasteiger charge is 2.15. The van der Waals surface area contributed by atoms with E-state index in [1.54, 1.807) is 10.9 Å². The molecule has 0 amide bonds. The summed E-state index contributed by atoms with van der Waals surface area (Å²) in [6, 6.07) is 13.0. The lowest BCUT2D eigenvalue weighted by Crippen LogP contribution is -2.07. The van der Waals surface area contributed by atoms with E-state index in [1.165, 1.54) is 25.3 Å². The van der Waals surface area contributed by atoms with E-state index in [9.17, 15) is 13.6 Å². The standard InChI is InChI=1S/C19H16F2N2O4/c1-25-17-11-14(5-8-16(17)27-19(20)21)18(24)26-12-13-3-6-15(7-4-13)23-10-2-9-22-23/h2-11,19H,12H2,1H3. The molecule has 0 spiro atoms. The van der Waals surface area contributed by atoms with Gasteiger partial charge < -0.3 is 14.2 Å². The first-order valence-corrected chi connectivity index (χ1v) is 7.96. The summed E-state index contributed by atoms with van der Waals surface area (Å²) in [5, 5.41) is 4.13. The van der Waals surface area contributed by atoms with E-state index in [1.807, 2.05) is 36.5 Å². The monoisotopic (exact) mass is 374 g/mol. The number of ether oxygens (including phenoxy) is 3. The molecule has 0 fully saturated rings. The summed E-state index contributed by atoms with van der Waals surface area (Å²) >= 11 is 0. The van der Waals surface area contributed by atoms with E-state index in [-0.39, 0.29) is 23.7 Å². The van der Waals surface area contributed by atoms with Gasteiger partial charge in [0.1, 0.15) is 6.61 Å². The van der Waals surface area contributed by atoms with Crippen molar-refractivity contribution in [1.29, 1.82) is 0 Å². The largest absolute Gasteiger partial charge is 0.493 e. The summed E-state index contributed by atoms with van der Waals surface area (Å²) in [6.07, 6.45) is 3.51. The normalized spacial score (nSPS) is 10.7. The quantitative estimate of drug-likeness (QED) is 0.588. The molecule has 0 atom stereocenters. The number of nitrogens with zero attached hydrogens (tertiary/aromatic N) is 2. The Morgan fingerprint density at radius 2 is 1.93 bits per heavy atom. The molecule has 0 aliphatic carbocycles. The van der Waals surface area contributed by atoms with Gasteiger partial charge in [0.05, 0.1) is 18.4 Å². The third-order valence-electron chi connectivity index (χ3n) is 3.69. The molecule has 0 aliphatic heterocycles. The van der Waals surface area contributed by atoms with E-state index in [4.69, 9.17) is 9.47 Å². The molecule has 0 bridgehead atoms. The Labute approximate surface area is 153 Å². The molecule has 6 nitrogen and oxygen atoms in total. The highest BCUT2D eigenvalue weighted by atomic mass is 19.3. The summed E-state index contributed by atoms with van der Waals surface area (Å²) in [5.74, 6) is -0.736. The minimum absolute atomic E-state index is 0.0216. The molecule has 0 N–H and O–H groups in total. The highest BCUT2D eigenvalue weighted by Crippen LogP contribution is 2.29. The van der Waals surface area contributed by atoms with E-state index in [2.05, 4.69) is 9.84 Å². The van der Waals surface area contributed by atoms with Crippen LogP contribution in [0.5, 0.6) is 11.5 Å². The maximum atomic E-state index is 12.3. The predicted octanol–water partition coefficient (Wildman–Crippen LogP) is 3.84. The van der Waals surface area contributed by atoms with Crippen LogP contribution in [0.15, 0.2) is 60.9 Å². The molecule has 140 valence electrons. The van der Waals surface area contributed by atoms with Crippen molar-refractivity contribution in [1.82, 2.24) is 9.78 Å². The SMILES string of the molecule is COc1cc(C(=O)OCc2ccc(-n3cccn3)cc2)ccc1OC(F)F. The lowest BCUT2D eigenvalue weighted by Gasteiger charge is -2.11. The van der Waals surface area contributed by atoms with Crippen LogP contribution < -0.4 is 9.47 Å². The second-order valence-corrected chi connectivity index (χ2v) is 5.44. The third-order valence-corrected chi connectivity index (χ3v) is 3.69. The van der Waals surface area contributed by atoms with Crippen molar-refractivity contribution in [3.8, 4) is 17.2 Å². The zero-order chi connectivity index (χ0) is 19.2. The topological polar surface area (TPSA) is 62.6 Å². The number of hydrogen-bond acceptors (Lipinski definition) is 5. The van der Waals surface area contributed by atoms with Gasteiger partial charge >= 0.3 is 12.6 Å². The van der Waals surface area contributed by atoms with Crippen molar-refractivity contribution in [3.63, 3.8) is 0 Å². The molecule has 1 heterocycles. The molecule has 0 aliphatic rings. The number of alkyl halides is 2. The minimum atomic E-state index is -2.98. The summed E-state index contributed by atoms with van der Waals surface area (Å²) < 4.78 is 41.0. The van der Waals surface area contributed by atoms with Gasteiger partial charge in [0, 0.05) is 12.4 Å². The van der Waals surface area contributed by atoms with Crippen LogP contribution in [-0.2, 0) is 11.3 Å². The lowest BCUT2D eigenvalue weighted by atomic mass is 10.2. The van der Waals surface area contributed by atoms with Gasteiger partial charge in [-0.15, -0.1) is 0 Å². The van der Waals surface area contributed by atoms with Crippen molar-refractivity contribution in [2.45, 2.75) is 13.2 Å². The van der Waals surface area contributed by atoms with Crippen LogP contribution in [0.2, 0.25) is 0 Å². The van der Waals surface area contributed by atoms with Crippen molar-refractivity contribution in [2.75, 3.05) is 7.11 Å². The summed E-state index contributed by atoms with van der Waals surface area (Å²) in [6.45, 7) is -2.92. The molecule has 8 heteroatoms. The van der Waals surface area contributed by atoms with Crippen LogP contribution in [0.1, 0.15) is 15.9 Å². The highest BCUT2D eigenvalue weighted by molar-refractivity contribution is 5.90. The Bertz CT molecular complexity index is 897. The molecule has 1 aromatic heterocycles. The molecule has 27 heavy (non-hydrogen) atoms. The molecular weight excluding hydrogens is 358 g/mol. The first-order valence-electron chi connectivity index (χ1n) is 7.96. The van der Waals surface area contributed by atoms with Crippen LogP contribution in [0, 0.1) is 0 Å². The summed E-state index contributed by atoms with van der Waals surface area (Å²) in [4.78, 5) is 12.2. The Kier molecular flexibility index (Phi) is 5.65. The second kappa shape index (κ2) is 8.31. The molecule has 3 rings (SSSR count). The number of methoxy groups -OCH3 is 1. The van der Waals surface area contributed by atoms with Gasteiger partial charge in [-0.1, -0.05) is 12.1 Å². The molecular formula is C19H16F2N2O4. The van der Waals surface area contributed by atoms with Gasteiger partial charge in [-0.05, 0) is 42.0 Å². The molecule has 3 aromatic rings. The fourth-order valence-corrected chi connectivity index (χ4v) is 2.39. The van der Waals surface area contributed by atoms with Gasteiger partial charge in [-0.3, -0.25) is 0 Å². The number of rotatable bonds is 7. The smallest absolute Gasteiger partial charge is 0.387 e. The molecule has 0 unspecified atom stereocenters. The Morgan fingerprint density at radius 1 is 1.15 bits per heavy atom. The fourth-order valence-electron chi connectivity index (χ4n) is 2.39. The van der Waals surface area contributed by atoms with E-state index < -0.39 is 12.6 Å². The van der Waals surface area contributed by atoms with Crippen LogP contribution in [0.4, 0.5) is 8.78 Å². The van der Waals surface area contributed by atoms with Gasteiger partial charge in [0.15, 0.2) is 11.5 Å². The van der Waals surface area contributed by atoms with Gasteiger partial charge in [-0.25, -0.2) is 9.48 Å². The Morgan fingerprint density at radius 3 is 2.56 bits per heavy atom. The van der Waals surface area contributed by atoms with Crippen molar-refractivity contribution in [2.24, 2.45) is 0 Å². The summed E-state index contributed by atoms with van der Waals surface area (Å²) in [7, 11) is 1.30. The Hall–Kier alpha value is -3.42. The fraction of sp³-hybridized carbons (Fsp3) is 0.158. The predicted molar refractivity (Wildman–Crippen MR) is 92.3 cm³/mol. The zero-order valence-corrected chi connectivity index (χ0v) is 14.3. The van der Waals surface area contributed by atoms with E-state index in [0.717, 1.165) is 11.3 Å². The number of carbonyl (C=O) groups is 1. The molecule has 0 saturated heterocycles.